The predicted molar refractivity (Wildman–Crippen MR) is 76.3 cm³/mol. The van der Waals surface area contributed by atoms with Crippen LogP contribution in [0.3, 0.4) is 0 Å². The van der Waals surface area contributed by atoms with Gasteiger partial charge in [0.25, 0.3) is 0 Å². The van der Waals surface area contributed by atoms with Crippen molar-refractivity contribution < 1.29 is 19.4 Å². The van der Waals surface area contributed by atoms with E-state index in [0.717, 1.165) is 0 Å². The number of nitrogens with one attached hydrogen (secondary N) is 1. The summed E-state index contributed by atoms with van der Waals surface area (Å²) in [5.74, 6) is -1.22. The molecule has 0 bridgehead atoms. The van der Waals surface area contributed by atoms with Crippen LogP contribution in [-0.4, -0.2) is 35.7 Å². The topological polar surface area (TPSA) is 75.6 Å². The number of carboxylic acid groups (broad SMARTS) is 1. The van der Waals surface area contributed by atoms with Gasteiger partial charge in [-0.2, -0.15) is 0 Å². The Morgan fingerprint density at radius 1 is 1.20 bits per heavy atom. The molecule has 1 fully saturated rings. The van der Waals surface area contributed by atoms with Crippen LogP contribution in [0.25, 0.3) is 0 Å². The van der Waals surface area contributed by atoms with E-state index in [9.17, 15) is 14.7 Å². The summed E-state index contributed by atoms with van der Waals surface area (Å²) in [6.07, 6.45) is 0.512. The molecule has 0 aliphatic carbocycles. The molecule has 2 N–H and O–H groups in total. The van der Waals surface area contributed by atoms with Crippen LogP contribution >= 0.6 is 0 Å². The lowest BCUT2D eigenvalue weighted by Gasteiger charge is -2.20. The maximum Gasteiger partial charge on any atom is 0.308 e. The summed E-state index contributed by atoms with van der Waals surface area (Å²) in [4.78, 5) is 23.4. The van der Waals surface area contributed by atoms with Crippen molar-refractivity contribution in [3.05, 3.63) is 0 Å². The molecule has 1 heterocycles. The van der Waals surface area contributed by atoms with Gasteiger partial charge in [0.15, 0.2) is 0 Å². The van der Waals surface area contributed by atoms with Gasteiger partial charge in [-0.1, -0.05) is 20.8 Å². The van der Waals surface area contributed by atoms with E-state index >= 15 is 0 Å². The molecule has 1 aliphatic rings. The molecular formula is C15H27NO4. The van der Waals surface area contributed by atoms with Crippen molar-refractivity contribution in [2.75, 3.05) is 6.54 Å². The zero-order valence-corrected chi connectivity index (χ0v) is 13.1. The highest BCUT2D eigenvalue weighted by Gasteiger charge is 2.41. The van der Waals surface area contributed by atoms with E-state index < -0.39 is 11.9 Å². The van der Waals surface area contributed by atoms with Crippen LogP contribution in [0.4, 0.5) is 0 Å². The highest BCUT2D eigenvalue weighted by molar-refractivity contribution is 5.80. The third kappa shape index (κ3) is 4.20. The Morgan fingerprint density at radius 3 is 2.20 bits per heavy atom. The van der Waals surface area contributed by atoms with E-state index in [2.05, 4.69) is 5.32 Å². The molecule has 5 heteroatoms. The molecule has 0 aromatic rings. The number of ether oxygens (including phenoxy) is 1. The number of amides is 1. The van der Waals surface area contributed by atoms with E-state index in [0.29, 0.717) is 12.3 Å². The number of hydrogen-bond donors (Lipinski definition) is 2. The van der Waals surface area contributed by atoms with Gasteiger partial charge in [-0.25, -0.2) is 0 Å². The fraction of sp³-hybridized carbons (Fsp3) is 0.867. The molecule has 0 aromatic heterocycles. The highest BCUT2D eigenvalue weighted by Crippen LogP contribution is 2.32. The molecule has 0 radical (unpaired) electrons. The largest absolute Gasteiger partial charge is 0.481 e. The molecule has 1 saturated heterocycles. The lowest BCUT2D eigenvalue weighted by atomic mass is 9.88. The number of rotatable bonds is 6. The number of carbonyl (C=O) groups excluding carboxylic acids is 1. The Balaban J connectivity index is 2.55. The smallest absolute Gasteiger partial charge is 0.308 e. The van der Waals surface area contributed by atoms with Crippen molar-refractivity contribution >= 4 is 11.9 Å². The number of carbonyl (C=O) groups is 2. The molecule has 1 aliphatic heterocycles. The zero-order chi connectivity index (χ0) is 15.4. The Kier molecular flexibility index (Phi) is 5.99. The summed E-state index contributed by atoms with van der Waals surface area (Å²) in [5.41, 5.74) is 0. The van der Waals surface area contributed by atoms with Crippen LogP contribution < -0.4 is 5.32 Å². The van der Waals surface area contributed by atoms with Crippen molar-refractivity contribution in [2.24, 2.45) is 23.7 Å². The summed E-state index contributed by atoms with van der Waals surface area (Å²) in [6, 6.07) is 0. The first-order valence-electron chi connectivity index (χ1n) is 7.40. The van der Waals surface area contributed by atoms with Gasteiger partial charge in [0.2, 0.25) is 5.91 Å². The van der Waals surface area contributed by atoms with Crippen LogP contribution in [0.1, 0.15) is 41.0 Å². The molecule has 0 aromatic carbocycles. The number of aliphatic carboxylic acids is 1. The molecule has 5 nitrogen and oxygen atoms in total. The molecule has 5 unspecified atom stereocenters. The zero-order valence-electron chi connectivity index (χ0n) is 13.1. The molecule has 0 saturated carbocycles. The molecule has 1 rings (SSSR count). The van der Waals surface area contributed by atoms with E-state index in [1.807, 2.05) is 34.6 Å². The minimum absolute atomic E-state index is 0.0617. The quantitative estimate of drug-likeness (QED) is 0.781. The van der Waals surface area contributed by atoms with Gasteiger partial charge in [0.1, 0.15) is 0 Å². The average Bonchev–Trinajstić information content (AvgIpc) is 2.57. The van der Waals surface area contributed by atoms with Gasteiger partial charge < -0.3 is 15.2 Å². The highest BCUT2D eigenvalue weighted by atomic mass is 16.5. The summed E-state index contributed by atoms with van der Waals surface area (Å²) in [6.45, 7) is 10.0. The Labute approximate surface area is 121 Å². The molecule has 20 heavy (non-hydrogen) atoms. The van der Waals surface area contributed by atoms with Gasteiger partial charge in [-0.15, -0.1) is 0 Å². The van der Waals surface area contributed by atoms with E-state index in [4.69, 9.17) is 4.74 Å². The Hall–Kier alpha value is -1.10. The standard InChI is InChI=1S/C15H27NO4/c1-8(2)6-12(15(18)19)7-16-14(17)13-9(3)10(4)20-11(13)5/h8-13H,6-7H2,1-5H3,(H,16,17)(H,18,19). The van der Waals surface area contributed by atoms with Crippen molar-refractivity contribution in [3.63, 3.8) is 0 Å². The maximum atomic E-state index is 12.2. The first-order valence-corrected chi connectivity index (χ1v) is 7.40. The van der Waals surface area contributed by atoms with Gasteiger partial charge in [-0.05, 0) is 32.1 Å². The third-order valence-electron chi connectivity index (χ3n) is 4.17. The normalized spacial score (nSPS) is 31.3. The number of carboxylic acids is 1. The summed E-state index contributed by atoms with van der Waals surface area (Å²) >= 11 is 0. The van der Waals surface area contributed by atoms with Crippen molar-refractivity contribution in [1.82, 2.24) is 5.32 Å². The first-order chi connectivity index (χ1) is 9.23. The second kappa shape index (κ2) is 7.07. The van der Waals surface area contributed by atoms with Gasteiger partial charge >= 0.3 is 5.97 Å². The Bertz CT molecular complexity index is 356. The monoisotopic (exact) mass is 285 g/mol. The fourth-order valence-electron chi connectivity index (χ4n) is 2.90. The summed E-state index contributed by atoms with van der Waals surface area (Å²) in [7, 11) is 0. The second-order valence-corrected chi connectivity index (χ2v) is 6.34. The van der Waals surface area contributed by atoms with E-state index in [-0.39, 0.29) is 36.5 Å². The second-order valence-electron chi connectivity index (χ2n) is 6.34. The SMILES string of the molecule is CC(C)CC(CNC(=O)C1C(C)OC(C)C1C)C(=O)O. The Morgan fingerprint density at radius 2 is 1.80 bits per heavy atom. The maximum absolute atomic E-state index is 12.2. The first kappa shape index (κ1) is 17.0. The fourth-order valence-corrected chi connectivity index (χ4v) is 2.90. The molecular weight excluding hydrogens is 258 g/mol. The molecule has 5 atom stereocenters. The lowest BCUT2D eigenvalue weighted by Crippen LogP contribution is -2.41. The van der Waals surface area contributed by atoms with Crippen LogP contribution in [0.2, 0.25) is 0 Å². The van der Waals surface area contributed by atoms with E-state index in [1.165, 1.54) is 0 Å². The van der Waals surface area contributed by atoms with Gasteiger partial charge in [0, 0.05) is 6.54 Å². The third-order valence-corrected chi connectivity index (χ3v) is 4.17. The minimum Gasteiger partial charge on any atom is -0.481 e. The summed E-state index contributed by atoms with van der Waals surface area (Å²) < 4.78 is 5.65. The lowest BCUT2D eigenvalue weighted by molar-refractivity contribution is -0.142. The van der Waals surface area contributed by atoms with Crippen molar-refractivity contribution in [3.8, 4) is 0 Å². The van der Waals surface area contributed by atoms with Crippen LogP contribution in [0.5, 0.6) is 0 Å². The van der Waals surface area contributed by atoms with Crippen LogP contribution in [-0.2, 0) is 14.3 Å². The van der Waals surface area contributed by atoms with Gasteiger partial charge in [-0.3, -0.25) is 9.59 Å². The van der Waals surface area contributed by atoms with Crippen LogP contribution in [0.15, 0.2) is 0 Å². The predicted octanol–water partition coefficient (Wildman–Crippen LogP) is 1.91. The van der Waals surface area contributed by atoms with Gasteiger partial charge in [0.05, 0.1) is 24.0 Å². The molecule has 1 amide bonds. The van der Waals surface area contributed by atoms with Crippen LogP contribution in [0, 0.1) is 23.7 Å². The summed E-state index contributed by atoms with van der Waals surface area (Å²) in [5, 5.41) is 12.0. The van der Waals surface area contributed by atoms with Crippen molar-refractivity contribution in [2.45, 2.75) is 53.2 Å². The van der Waals surface area contributed by atoms with E-state index in [1.54, 1.807) is 0 Å². The van der Waals surface area contributed by atoms with Crippen molar-refractivity contribution in [1.29, 1.82) is 0 Å². The molecule has 0 spiro atoms. The molecule has 116 valence electrons. The average molecular weight is 285 g/mol. The minimum atomic E-state index is -0.851. The number of hydrogen-bond acceptors (Lipinski definition) is 3.